The second kappa shape index (κ2) is 6.24. The Morgan fingerprint density at radius 3 is 2.58 bits per heavy atom. The Morgan fingerprint density at radius 1 is 1.08 bits per heavy atom. The number of aromatic nitrogens is 3. The summed E-state index contributed by atoms with van der Waals surface area (Å²) in [5.74, 6) is 1.60. The van der Waals surface area contributed by atoms with Crippen LogP contribution in [0.1, 0.15) is 31.4 Å². The number of fused-ring (bicyclic) bond motifs is 1. The van der Waals surface area contributed by atoms with Crippen molar-refractivity contribution in [2.75, 3.05) is 5.32 Å². The zero-order valence-corrected chi connectivity index (χ0v) is 13.8. The number of aromatic amines is 1. The molecule has 1 aliphatic carbocycles. The van der Waals surface area contributed by atoms with Crippen LogP contribution in [0.3, 0.4) is 0 Å². The van der Waals surface area contributed by atoms with Crippen molar-refractivity contribution < 1.29 is 5.11 Å². The van der Waals surface area contributed by atoms with Crippen LogP contribution in [-0.2, 0) is 0 Å². The number of aryl methyl sites for hydroxylation is 1. The summed E-state index contributed by atoms with van der Waals surface area (Å²) in [5.41, 5.74) is 2.94. The number of H-pyrrole nitrogens is 1. The molecule has 3 N–H and O–H groups in total. The number of hydrogen-bond acceptors (Lipinski definition) is 4. The largest absolute Gasteiger partial charge is 0.393 e. The van der Waals surface area contributed by atoms with Crippen molar-refractivity contribution in [2.45, 2.75) is 44.8 Å². The molecule has 1 aromatic carbocycles. The molecule has 0 atom stereocenters. The first-order valence-corrected chi connectivity index (χ1v) is 8.56. The fraction of sp³-hybridized carbons (Fsp3) is 0.368. The van der Waals surface area contributed by atoms with E-state index >= 15 is 0 Å². The molecule has 1 saturated carbocycles. The van der Waals surface area contributed by atoms with Crippen LogP contribution in [0.2, 0.25) is 0 Å². The topological polar surface area (TPSA) is 73.8 Å². The average Bonchev–Trinajstić information content (AvgIpc) is 2.98. The summed E-state index contributed by atoms with van der Waals surface area (Å²) in [6.45, 7) is 2.03. The minimum atomic E-state index is -0.150. The Hall–Kier alpha value is -2.40. The number of rotatable bonds is 3. The van der Waals surface area contributed by atoms with Crippen molar-refractivity contribution in [1.82, 2.24) is 15.0 Å². The molecule has 0 radical (unpaired) electrons. The van der Waals surface area contributed by atoms with Gasteiger partial charge in [0.1, 0.15) is 11.5 Å². The Bertz CT molecular complexity index is 835. The summed E-state index contributed by atoms with van der Waals surface area (Å²) < 4.78 is 0. The first-order chi connectivity index (χ1) is 11.7. The molecule has 0 spiro atoms. The fourth-order valence-corrected chi connectivity index (χ4v) is 3.38. The van der Waals surface area contributed by atoms with Gasteiger partial charge in [-0.3, -0.25) is 0 Å². The van der Waals surface area contributed by atoms with E-state index in [0.29, 0.717) is 6.04 Å². The van der Waals surface area contributed by atoms with E-state index in [2.05, 4.69) is 21.4 Å². The zero-order chi connectivity index (χ0) is 16.5. The molecule has 0 saturated heterocycles. The van der Waals surface area contributed by atoms with Gasteiger partial charge in [0.25, 0.3) is 0 Å². The lowest BCUT2D eigenvalue weighted by Gasteiger charge is -2.26. The number of benzene rings is 1. The van der Waals surface area contributed by atoms with E-state index in [-0.39, 0.29) is 6.10 Å². The molecule has 2 aromatic heterocycles. The second-order valence-corrected chi connectivity index (χ2v) is 6.63. The molecular weight excluding hydrogens is 300 g/mol. The molecule has 5 heteroatoms. The van der Waals surface area contributed by atoms with Crippen molar-refractivity contribution in [2.24, 2.45) is 0 Å². The van der Waals surface area contributed by atoms with Crippen LogP contribution in [0, 0.1) is 6.92 Å². The van der Waals surface area contributed by atoms with Crippen molar-refractivity contribution in [3.8, 4) is 11.4 Å². The first-order valence-electron chi connectivity index (χ1n) is 8.56. The van der Waals surface area contributed by atoms with Crippen molar-refractivity contribution >= 4 is 16.9 Å². The van der Waals surface area contributed by atoms with E-state index in [4.69, 9.17) is 4.98 Å². The maximum atomic E-state index is 9.70. The minimum Gasteiger partial charge on any atom is -0.393 e. The number of aliphatic hydroxyl groups excluding tert-OH is 1. The highest BCUT2D eigenvalue weighted by atomic mass is 16.3. The third kappa shape index (κ3) is 2.99. The van der Waals surface area contributed by atoms with Crippen LogP contribution in [0.15, 0.2) is 36.4 Å². The summed E-state index contributed by atoms with van der Waals surface area (Å²) in [5, 5.41) is 14.3. The molecule has 0 amide bonds. The van der Waals surface area contributed by atoms with E-state index in [9.17, 15) is 5.11 Å². The van der Waals surface area contributed by atoms with E-state index in [1.54, 1.807) is 0 Å². The molecule has 1 aliphatic rings. The summed E-state index contributed by atoms with van der Waals surface area (Å²) in [6, 6.07) is 12.5. The van der Waals surface area contributed by atoms with Crippen molar-refractivity contribution in [3.63, 3.8) is 0 Å². The van der Waals surface area contributed by atoms with E-state index in [1.165, 1.54) is 0 Å². The Morgan fingerprint density at radius 2 is 1.83 bits per heavy atom. The number of hydrogen-bond donors (Lipinski definition) is 3. The lowest BCUT2D eigenvalue weighted by atomic mass is 9.93. The molecule has 4 rings (SSSR count). The summed E-state index contributed by atoms with van der Waals surface area (Å²) in [6.07, 6.45) is 3.49. The van der Waals surface area contributed by atoms with E-state index in [0.717, 1.165) is 59.6 Å². The lowest BCUT2D eigenvalue weighted by Crippen LogP contribution is -2.28. The Labute approximate surface area is 141 Å². The quantitative estimate of drug-likeness (QED) is 0.688. The smallest absolute Gasteiger partial charge is 0.163 e. The van der Waals surface area contributed by atoms with Crippen molar-refractivity contribution in [1.29, 1.82) is 0 Å². The molecule has 5 nitrogen and oxygen atoms in total. The van der Waals surface area contributed by atoms with Gasteiger partial charge in [-0.15, -0.1) is 0 Å². The SMILES string of the molecule is Cc1cc2c(NC3CCC(O)CC3)nc(-c3ccccc3)nc2[nH]1. The second-order valence-electron chi connectivity index (χ2n) is 6.63. The maximum Gasteiger partial charge on any atom is 0.163 e. The Kier molecular flexibility index (Phi) is 3.94. The van der Waals surface area contributed by atoms with Crippen LogP contribution in [-0.4, -0.2) is 32.2 Å². The monoisotopic (exact) mass is 322 g/mol. The molecule has 0 bridgehead atoms. The van der Waals surface area contributed by atoms with Gasteiger partial charge in [-0.1, -0.05) is 30.3 Å². The van der Waals surface area contributed by atoms with Crippen LogP contribution < -0.4 is 5.32 Å². The van der Waals surface area contributed by atoms with Gasteiger partial charge in [0.15, 0.2) is 5.82 Å². The fourth-order valence-electron chi connectivity index (χ4n) is 3.38. The molecule has 0 aliphatic heterocycles. The molecule has 24 heavy (non-hydrogen) atoms. The van der Waals surface area contributed by atoms with Gasteiger partial charge in [-0.25, -0.2) is 9.97 Å². The number of aliphatic hydroxyl groups is 1. The highest BCUT2D eigenvalue weighted by Crippen LogP contribution is 2.28. The molecule has 124 valence electrons. The van der Waals surface area contributed by atoms with Crippen molar-refractivity contribution in [3.05, 3.63) is 42.1 Å². The lowest BCUT2D eigenvalue weighted by molar-refractivity contribution is 0.126. The Balaban J connectivity index is 1.72. The summed E-state index contributed by atoms with van der Waals surface area (Å²) in [7, 11) is 0. The van der Waals surface area contributed by atoms with Gasteiger partial charge in [0.05, 0.1) is 11.5 Å². The maximum absolute atomic E-state index is 9.70. The third-order valence-corrected chi connectivity index (χ3v) is 4.69. The van der Waals surface area contributed by atoms with E-state index in [1.807, 2.05) is 37.3 Å². The van der Waals surface area contributed by atoms with Crippen LogP contribution in [0.4, 0.5) is 5.82 Å². The standard InChI is InChI=1S/C19H22N4O/c1-12-11-16-18(20-12)22-17(13-5-3-2-4-6-13)23-19(16)21-14-7-9-15(24)10-8-14/h2-6,11,14-15,24H,7-10H2,1H3,(H2,20,21,22,23). The zero-order valence-electron chi connectivity index (χ0n) is 13.8. The van der Waals surface area contributed by atoms with Gasteiger partial charge < -0.3 is 15.4 Å². The molecule has 3 aromatic rings. The predicted molar refractivity (Wildman–Crippen MR) is 95.9 cm³/mol. The van der Waals surface area contributed by atoms with Crippen LogP contribution >= 0.6 is 0 Å². The number of nitrogens with zero attached hydrogens (tertiary/aromatic N) is 2. The van der Waals surface area contributed by atoms with Crippen LogP contribution in [0.25, 0.3) is 22.4 Å². The minimum absolute atomic E-state index is 0.150. The molecule has 1 fully saturated rings. The van der Waals surface area contributed by atoms with Gasteiger partial charge in [0, 0.05) is 17.3 Å². The van der Waals surface area contributed by atoms with Gasteiger partial charge in [-0.05, 0) is 38.7 Å². The number of anilines is 1. The van der Waals surface area contributed by atoms with Crippen LogP contribution in [0.5, 0.6) is 0 Å². The third-order valence-electron chi connectivity index (χ3n) is 4.69. The highest BCUT2D eigenvalue weighted by molar-refractivity contribution is 5.89. The average molecular weight is 322 g/mol. The van der Waals surface area contributed by atoms with Gasteiger partial charge in [-0.2, -0.15) is 0 Å². The molecular formula is C19H22N4O. The summed E-state index contributed by atoms with van der Waals surface area (Å²) >= 11 is 0. The van der Waals surface area contributed by atoms with Gasteiger partial charge >= 0.3 is 0 Å². The molecule has 0 unspecified atom stereocenters. The number of nitrogens with one attached hydrogen (secondary N) is 2. The highest BCUT2D eigenvalue weighted by Gasteiger charge is 2.21. The van der Waals surface area contributed by atoms with Gasteiger partial charge in [0.2, 0.25) is 0 Å². The van der Waals surface area contributed by atoms with E-state index < -0.39 is 0 Å². The summed E-state index contributed by atoms with van der Waals surface area (Å²) in [4.78, 5) is 12.8. The molecule has 2 heterocycles. The predicted octanol–water partition coefficient (Wildman–Crippen LogP) is 3.65. The normalized spacial score (nSPS) is 21.1. The first kappa shape index (κ1) is 15.1.